The Balaban J connectivity index is 1.48. The van der Waals surface area contributed by atoms with Crippen molar-refractivity contribution < 1.29 is 23.0 Å². The zero-order valence-electron chi connectivity index (χ0n) is 14.1. The van der Waals surface area contributed by atoms with Gasteiger partial charge in [0.05, 0.1) is 6.21 Å². The number of fused-ring (bicyclic) bond motifs is 1. The molecule has 3 rings (SSSR count). The van der Waals surface area contributed by atoms with Gasteiger partial charge < -0.3 is 9.47 Å². The number of hydrazone groups is 1. The fourth-order valence-electron chi connectivity index (χ4n) is 2.35. The summed E-state index contributed by atoms with van der Waals surface area (Å²) in [7, 11) is 0. The van der Waals surface area contributed by atoms with E-state index in [0.29, 0.717) is 11.3 Å². The highest BCUT2D eigenvalue weighted by atomic mass is 19.3. The Morgan fingerprint density at radius 3 is 2.44 bits per heavy atom. The van der Waals surface area contributed by atoms with Gasteiger partial charge in [-0.05, 0) is 52.7 Å². The molecule has 0 saturated carbocycles. The molecule has 0 saturated heterocycles. The fraction of sp³-hybridized carbons (Fsp3) is 0.100. The number of benzene rings is 3. The van der Waals surface area contributed by atoms with Crippen molar-refractivity contribution in [1.82, 2.24) is 5.43 Å². The molecule has 1 amide bonds. The maximum absolute atomic E-state index is 12.1. The van der Waals surface area contributed by atoms with Gasteiger partial charge in [-0.25, -0.2) is 5.43 Å². The molecule has 138 valence electrons. The van der Waals surface area contributed by atoms with Crippen LogP contribution in [0.1, 0.15) is 5.56 Å². The van der Waals surface area contributed by atoms with Gasteiger partial charge in [0.2, 0.25) is 0 Å². The average molecular weight is 370 g/mol. The summed E-state index contributed by atoms with van der Waals surface area (Å²) in [5, 5.41) is 5.91. The molecule has 0 spiro atoms. The molecule has 0 aliphatic rings. The molecule has 5 nitrogen and oxygen atoms in total. The molecule has 0 aromatic heterocycles. The minimum absolute atomic E-state index is 0.0509. The zero-order chi connectivity index (χ0) is 19.1. The first-order valence-electron chi connectivity index (χ1n) is 8.08. The van der Waals surface area contributed by atoms with Crippen molar-refractivity contribution in [3.63, 3.8) is 0 Å². The van der Waals surface area contributed by atoms with Crippen LogP contribution >= 0.6 is 0 Å². The summed E-state index contributed by atoms with van der Waals surface area (Å²) in [6, 6.07) is 19.3. The van der Waals surface area contributed by atoms with E-state index in [1.165, 1.54) is 18.3 Å². The Bertz CT molecular complexity index is 943. The molecule has 1 N–H and O–H groups in total. The largest absolute Gasteiger partial charge is 0.484 e. The molecule has 0 radical (unpaired) electrons. The van der Waals surface area contributed by atoms with E-state index in [0.717, 1.165) is 10.8 Å². The standard InChI is InChI=1S/C20H16F2N2O3/c21-20(22)27-17-8-5-14(6-9-17)12-23-24-19(25)13-26-18-10-7-15-3-1-2-4-16(15)11-18/h1-12,20H,13H2,(H,24,25)/b23-12+. The number of amides is 1. The van der Waals surface area contributed by atoms with Crippen molar-refractivity contribution in [3.05, 3.63) is 72.3 Å². The van der Waals surface area contributed by atoms with Gasteiger partial charge in [0.1, 0.15) is 11.5 Å². The molecular formula is C20H16F2N2O3. The molecule has 7 heteroatoms. The molecule has 0 aliphatic carbocycles. The molecule has 0 heterocycles. The van der Waals surface area contributed by atoms with E-state index in [1.807, 2.05) is 36.4 Å². The smallest absolute Gasteiger partial charge is 0.387 e. The van der Waals surface area contributed by atoms with E-state index in [2.05, 4.69) is 15.3 Å². The Hall–Kier alpha value is -3.48. The predicted molar refractivity (Wildman–Crippen MR) is 98.3 cm³/mol. The fourth-order valence-corrected chi connectivity index (χ4v) is 2.35. The highest BCUT2D eigenvalue weighted by Crippen LogP contribution is 2.20. The normalized spacial score (nSPS) is 11.1. The lowest BCUT2D eigenvalue weighted by atomic mass is 10.1. The number of hydrogen-bond donors (Lipinski definition) is 1. The van der Waals surface area contributed by atoms with Gasteiger partial charge in [0.25, 0.3) is 5.91 Å². The second-order valence-electron chi connectivity index (χ2n) is 5.54. The molecule has 3 aromatic rings. The Labute approximate surface area is 154 Å². The summed E-state index contributed by atoms with van der Waals surface area (Å²) in [5.41, 5.74) is 2.96. The molecule has 0 unspecified atom stereocenters. The van der Waals surface area contributed by atoms with Crippen LogP contribution in [0.4, 0.5) is 8.78 Å². The molecule has 0 bridgehead atoms. The Morgan fingerprint density at radius 1 is 1.00 bits per heavy atom. The highest BCUT2D eigenvalue weighted by molar-refractivity contribution is 5.84. The summed E-state index contributed by atoms with van der Waals surface area (Å²) >= 11 is 0. The molecule has 27 heavy (non-hydrogen) atoms. The number of carbonyl (C=O) groups excluding carboxylic acids is 1. The quantitative estimate of drug-likeness (QED) is 0.506. The number of ether oxygens (including phenoxy) is 2. The van der Waals surface area contributed by atoms with Crippen LogP contribution in [0.2, 0.25) is 0 Å². The number of hydrogen-bond acceptors (Lipinski definition) is 4. The van der Waals surface area contributed by atoms with E-state index < -0.39 is 12.5 Å². The maximum atomic E-state index is 12.1. The van der Waals surface area contributed by atoms with Gasteiger partial charge in [0, 0.05) is 0 Å². The lowest BCUT2D eigenvalue weighted by Gasteiger charge is -2.06. The van der Waals surface area contributed by atoms with Crippen molar-refractivity contribution >= 4 is 22.9 Å². The maximum Gasteiger partial charge on any atom is 0.387 e. The Morgan fingerprint density at radius 2 is 1.70 bits per heavy atom. The van der Waals surface area contributed by atoms with Crippen LogP contribution in [-0.2, 0) is 4.79 Å². The second kappa shape index (κ2) is 8.75. The molecule has 0 aliphatic heterocycles. The number of carbonyl (C=O) groups is 1. The SMILES string of the molecule is O=C(COc1ccc2ccccc2c1)N/N=C/c1ccc(OC(F)F)cc1. The topological polar surface area (TPSA) is 59.9 Å². The molecular weight excluding hydrogens is 354 g/mol. The van der Waals surface area contributed by atoms with Gasteiger partial charge in [-0.3, -0.25) is 4.79 Å². The Kier molecular flexibility index (Phi) is 5.94. The lowest BCUT2D eigenvalue weighted by Crippen LogP contribution is -2.24. The van der Waals surface area contributed by atoms with E-state index in [-0.39, 0.29) is 12.4 Å². The predicted octanol–water partition coefficient (Wildman–Crippen LogP) is 3.97. The van der Waals surface area contributed by atoms with Crippen LogP contribution in [0.5, 0.6) is 11.5 Å². The second-order valence-corrected chi connectivity index (χ2v) is 5.54. The van der Waals surface area contributed by atoms with Crippen molar-refractivity contribution in [2.24, 2.45) is 5.10 Å². The van der Waals surface area contributed by atoms with E-state index in [1.54, 1.807) is 18.2 Å². The van der Waals surface area contributed by atoms with Gasteiger partial charge in [0.15, 0.2) is 6.61 Å². The summed E-state index contributed by atoms with van der Waals surface area (Å²) < 4.78 is 33.9. The average Bonchev–Trinajstić information content (AvgIpc) is 2.67. The van der Waals surface area contributed by atoms with E-state index in [4.69, 9.17) is 4.74 Å². The molecule has 0 fully saturated rings. The van der Waals surface area contributed by atoms with Gasteiger partial charge >= 0.3 is 6.61 Å². The lowest BCUT2D eigenvalue weighted by molar-refractivity contribution is -0.123. The van der Waals surface area contributed by atoms with Crippen molar-refractivity contribution in [2.45, 2.75) is 6.61 Å². The first kappa shape index (κ1) is 18.3. The third-order valence-corrected chi connectivity index (χ3v) is 3.60. The van der Waals surface area contributed by atoms with Crippen LogP contribution in [-0.4, -0.2) is 25.3 Å². The van der Waals surface area contributed by atoms with Crippen LogP contribution in [0.15, 0.2) is 71.8 Å². The first-order chi connectivity index (χ1) is 13.1. The minimum atomic E-state index is -2.87. The number of rotatable bonds is 7. The minimum Gasteiger partial charge on any atom is -0.484 e. The van der Waals surface area contributed by atoms with E-state index in [9.17, 15) is 13.6 Å². The number of alkyl halides is 2. The number of nitrogens with one attached hydrogen (secondary N) is 1. The van der Waals surface area contributed by atoms with Gasteiger partial charge in [-0.1, -0.05) is 30.3 Å². The first-order valence-corrected chi connectivity index (χ1v) is 8.08. The van der Waals surface area contributed by atoms with Crippen molar-refractivity contribution in [1.29, 1.82) is 0 Å². The third-order valence-electron chi connectivity index (χ3n) is 3.60. The van der Waals surface area contributed by atoms with Crippen molar-refractivity contribution in [2.75, 3.05) is 6.61 Å². The summed E-state index contributed by atoms with van der Waals surface area (Å²) in [6.07, 6.45) is 1.39. The third kappa shape index (κ3) is 5.50. The summed E-state index contributed by atoms with van der Waals surface area (Å²) in [5.74, 6) is 0.217. The number of nitrogens with zero attached hydrogens (tertiary/aromatic N) is 1. The van der Waals surface area contributed by atoms with Crippen LogP contribution in [0.25, 0.3) is 10.8 Å². The van der Waals surface area contributed by atoms with Gasteiger partial charge in [-0.2, -0.15) is 13.9 Å². The van der Waals surface area contributed by atoms with Crippen LogP contribution in [0, 0.1) is 0 Å². The summed E-state index contributed by atoms with van der Waals surface area (Å²) in [4.78, 5) is 11.8. The molecule has 3 aromatic carbocycles. The monoisotopic (exact) mass is 370 g/mol. The van der Waals surface area contributed by atoms with Gasteiger partial charge in [-0.15, -0.1) is 0 Å². The van der Waals surface area contributed by atoms with E-state index >= 15 is 0 Å². The summed E-state index contributed by atoms with van der Waals surface area (Å²) in [6.45, 7) is -3.05. The highest BCUT2D eigenvalue weighted by Gasteiger charge is 2.04. The molecule has 0 atom stereocenters. The zero-order valence-corrected chi connectivity index (χ0v) is 14.1. The van der Waals surface area contributed by atoms with Crippen LogP contribution < -0.4 is 14.9 Å². The van der Waals surface area contributed by atoms with Crippen molar-refractivity contribution in [3.8, 4) is 11.5 Å². The van der Waals surface area contributed by atoms with Crippen LogP contribution in [0.3, 0.4) is 0 Å². The number of halogens is 2.